The van der Waals surface area contributed by atoms with Crippen LogP contribution in [-0.2, 0) is 6.42 Å². The lowest BCUT2D eigenvalue weighted by molar-refractivity contribution is -0.846. The van der Waals surface area contributed by atoms with E-state index in [1.54, 1.807) is 6.08 Å². The topological polar surface area (TPSA) is 87.2 Å². The monoisotopic (exact) mass is 425 g/mol. The zero-order valence-electron chi connectivity index (χ0n) is 19.3. The Kier molecular flexibility index (Phi) is 11.3. The quantitative estimate of drug-likeness (QED) is 0.141. The van der Waals surface area contributed by atoms with Gasteiger partial charge in [-0.1, -0.05) is 42.5 Å². The van der Waals surface area contributed by atoms with E-state index in [-0.39, 0.29) is 0 Å². The number of amidine groups is 1. The van der Waals surface area contributed by atoms with Crippen LogP contribution in [0.15, 0.2) is 65.5 Å². The van der Waals surface area contributed by atoms with Crippen molar-refractivity contribution in [2.45, 2.75) is 71.3 Å². The molecule has 0 bridgehead atoms. The van der Waals surface area contributed by atoms with E-state index < -0.39 is 0 Å². The molecule has 6 N–H and O–H groups in total. The van der Waals surface area contributed by atoms with E-state index in [1.165, 1.54) is 11.1 Å². The third-order valence-electron chi connectivity index (χ3n) is 6.00. The lowest BCUT2D eigenvalue weighted by atomic mass is 9.86. The Bertz CT molecular complexity index is 756. The first-order valence-electron chi connectivity index (χ1n) is 11.6. The molecule has 1 aromatic carbocycles. The first-order valence-corrected chi connectivity index (χ1v) is 11.6. The Hall–Kier alpha value is -2.21. The van der Waals surface area contributed by atoms with Crippen LogP contribution in [0.1, 0.15) is 63.0 Å². The highest BCUT2D eigenvalue weighted by atomic mass is 16.5. The van der Waals surface area contributed by atoms with Gasteiger partial charge < -0.3 is 11.1 Å². The van der Waals surface area contributed by atoms with E-state index in [0.717, 1.165) is 74.9 Å². The largest absolute Gasteiger partial charge is 0.339 e. The molecule has 5 nitrogen and oxygen atoms in total. The molecule has 0 spiro atoms. The van der Waals surface area contributed by atoms with E-state index >= 15 is 0 Å². The third-order valence-corrected chi connectivity index (χ3v) is 6.00. The number of hydroxylamine groups is 1. The summed E-state index contributed by atoms with van der Waals surface area (Å²) in [4.78, 5) is 4.85. The summed E-state index contributed by atoms with van der Waals surface area (Å²) in [7, 11) is 0. The minimum Gasteiger partial charge on any atom is -0.339 e. The number of hydrogen-bond acceptors (Lipinski definition) is 3. The van der Waals surface area contributed by atoms with Gasteiger partial charge in [0, 0.05) is 18.3 Å². The van der Waals surface area contributed by atoms with Crippen molar-refractivity contribution in [1.29, 1.82) is 0 Å². The fraction of sp³-hybridized carbons (Fsp3) is 0.500. The van der Waals surface area contributed by atoms with Crippen molar-refractivity contribution in [3.63, 3.8) is 0 Å². The van der Waals surface area contributed by atoms with E-state index in [4.69, 9.17) is 10.7 Å². The summed E-state index contributed by atoms with van der Waals surface area (Å²) in [6.07, 6.45) is 14.3. The molecule has 0 amide bonds. The zero-order valence-corrected chi connectivity index (χ0v) is 19.3. The van der Waals surface area contributed by atoms with Gasteiger partial charge in [-0.25, -0.2) is 5.21 Å². The van der Waals surface area contributed by atoms with Crippen molar-refractivity contribution >= 4 is 5.84 Å². The number of allylic oxidation sites excluding steroid dienone is 4. The fourth-order valence-corrected chi connectivity index (χ4v) is 3.95. The van der Waals surface area contributed by atoms with Crippen molar-refractivity contribution in [3.05, 3.63) is 71.6 Å². The Morgan fingerprint density at radius 3 is 2.55 bits per heavy atom. The van der Waals surface area contributed by atoms with Crippen LogP contribution in [0.3, 0.4) is 0 Å². The minimum atomic E-state index is 0.344. The van der Waals surface area contributed by atoms with E-state index in [0.29, 0.717) is 17.7 Å². The molecule has 5 heteroatoms. The van der Waals surface area contributed by atoms with Crippen molar-refractivity contribution in [2.75, 3.05) is 6.54 Å². The maximum atomic E-state index is 9.70. The van der Waals surface area contributed by atoms with Gasteiger partial charge >= 0.3 is 0 Å². The van der Waals surface area contributed by atoms with Gasteiger partial charge in [0.05, 0.1) is 0 Å². The highest BCUT2D eigenvalue weighted by Crippen LogP contribution is 2.23. The summed E-state index contributed by atoms with van der Waals surface area (Å²) in [5, 5.41) is 13.2. The van der Waals surface area contributed by atoms with Gasteiger partial charge in [0.15, 0.2) is 11.5 Å². The van der Waals surface area contributed by atoms with Crippen LogP contribution >= 0.6 is 0 Å². The molecule has 0 atom stereocenters. The molecule has 1 fully saturated rings. The van der Waals surface area contributed by atoms with Gasteiger partial charge in [0.25, 0.3) is 0 Å². The second kappa shape index (κ2) is 14.0. The number of nitrogens with two attached hydrogens (primary N) is 2. The number of quaternary nitrogens is 1. The van der Waals surface area contributed by atoms with Gasteiger partial charge in [-0.05, 0) is 88.8 Å². The predicted octanol–water partition coefficient (Wildman–Crippen LogP) is 4.14. The summed E-state index contributed by atoms with van der Waals surface area (Å²) in [5.74, 6) is 1.29. The van der Waals surface area contributed by atoms with E-state index in [1.807, 2.05) is 19.1 Å². The highest BCUT2D eigenvalue weighted by molar-refractivity contribution is 5.96. The van der Waals surface area contributed by atoms with Gasteiger partial charge in [-0.15, -0.1) is 0 Å². The molecule has 1 aliphatic rings. The lowest BCUT2D eigenvalue weighted by Crippen LogP contribution is -2.80. The molecule has 170 valence electrons. The maximum Gasteiger partial charge on any atom is 0.200 e. The van der Waals surface area contributed by atoms with Crippen LogP contribution in [0.4, 0.5) is 0 Å². The number of hydrogen-bond donors (Lipinski definition) is 4. The molecule has 1 aliphatic carbocycles. The molecule has 0 radical (unpaired) electrons. The van der Waals surface area contributed by atoms with Crippen LogP contribution in [0.25, 0.3) is 0 Å². The second-order valence-corrected chi connectivity index (χ2v) is 8.59. The van der Waals surface area contributed by atoms with Crippen LogP contribution in [-0.4, -0.2) is 23.6 Å². The third kappa shape index (κ3) is 9.21. The summed E-state index contributed by atoms with van der Waals surface area (Å²) >= 11 is 0. The van der Waals surface area contributed by atoms with Crippen LogP contribution in [0.5, 0.6) is 0 Å². The summed E-state index contributed by atoms with van der Waals surface area (Å²) in [6.45, 7) is 8.65. The van der Waals surface area contributed by atoms with Gasteiger partial charge in [0.1, 0.15) is 0 Å². The Morgan fingerprint density at radius 2 is 1.94 bits per heavy atom. The number of aliphatic imine (C=N–C) groups is 1. The Morgan fingerprint density at radius 1 is 1.23 bits per heavy atom. The fourth-order valence-electron chi connectivity index (χ4n) is 3.95. The van der Waals surface area contributed by atoms with Crippen LogP contribution in [0.2, 0.25) is 0 Å². The Labute approximate surface area is 188 Å². The summed E-state index contributed by atoms with van der Waals surface area (Å²) in [5.41, 5.74) is 11.6. The standard InChI is InChI=1S/C26H40N4O/c1-4-8-24(10-7-6-9-21-13-11-20(3)12-14-21)29-26(25(5-2)30-31)28-19-22-15-17-23(27)18-16-22/h4-5,8,11-14,22-23,30-31H,1,6-7,9-10,15-19,27H2,2-3H3,(H,28,29)/p+1/b24-8+,25-5+. The van der Waals surface area contributed by atoms with Crippen molar-refractivity contribution in [1.82, 2.24) is 5.32 Å². The summed E-state index contributed by atoms with van der Waals surface area (Å²) < 4.78 is 0. The Balaban J connectivity index is 1.94. The van der Waals surface area contributed by atoms with Gasteiger partial charge in [-0.2, -0.15) is 5.48 Å². The number of rotatable bonds is 11. The van der Waals surface area contributed by atoms with Crippen LogP contribution in [0, 0.1) is 12.8 Å². The number of nitrogens with zero attached hydrogens (tertiary/aromatic N) is 1. The first kappa shape index (κ1) is 25.1. The predicted molar refractivity (Wildman–Crippen MR) is 130 cm³/mol. The molecule has 0 heterocycles. The molecular formula is C26H41N4O+. The highest BCUT2D eigenvalue weighted by Gasteiger charge is 2.19. The van der Waals surface area contributed by atoms with E-state index in [9.17, 15) is 5.21 Å². The second-order valence-electron chi connectivity index (χ2n) is 8.59. The molecule has 1 aromatic rings. The average molecular weight is 426 g/mol. The first-order chi connectivity index (χ1) is 15.0. The zero-order chi connectivity index (χ0) is 22.5. The van der Waals surface area contributed by atoms with E-state index in [2.05, 4.69) is 43.1 Å². The number of unbranched alkanes of at least 4 members (excludes halogenated alkanes) is 1. The molecule has 0 aromatic heterocycles. The lowest BCUT2D eigenvalue weighted by Gasteiger charge is -2.25. The molecular weight excluding hydrogens is 384 g/mol. The van der Waals surface area contributed by atoms with Crippen molar-refractivity contribution in [3.8, 4) is 0 Å². The number of nitrogens with one attached hydrogen (secondary N) is 1. The van der Waals surface area contributed by atoms with Gasteiger partial charge in [0.2, 0.25) is 0 Å². The average Bonchev–Trinajstić information content (AvgIpc) is 2.78. The molecule has 2 rings (SSSR count). The number of aryl methyl sites for hydroxylation is 2. The smallest absolute Gasteiger partial charge is 0.200 e. The molecule has 31 heavy (non-hydrogen) atoms. The number of benzene rings is 1. The minimum absolute atomic E-state index is 0.344. The van der Waals surface area contributed by atoms with Gasteiger partial charge in [-0.3, -0.25) is 4.99 Å². The molecule has 0 saturated heterocycles. The molecule has 1 saturated carbocycles. The molecule has 0 unspecified atom stereocenters. The maximum absolute atomic E-state index is 9.70. The SMILES string of the molecule is C=C/C=C(\CCCCc1ccc(C)cc1)NC(=NCC1CCC(N)CC1)/C(=C\C)[NH2+]O. The van der Waals surface area contributed by atoms with Crippen LogP contribution < -0.4 is 16.5 Å². The summed E-state index contributed by atoms with van der Waals surface area (Å²) in [6, 6.07) is 9.12. The molecule has 0 aliphatic heterocycles. The normalized spacial score (nSPS) is 20.6. The van der Waals surface area contributed by atoms with Crippen molar-refractivity contribution < 1.29 is 10.7 Å². The van der Waals surface area contributed by atoms with Crippen molar-refractivity contribution in [2.24, 2.45) is 16.6 Å².